The number of carbonyl (C=O) groups is 1. The Bertz CT molecular complexity index is 520. The minimum atomic E-state index is -0.530. The highest BCUT2D eigenvalue weighted by molar-refractivity contribution is 5.92. The molecule has 0 atom stereocenters. The monoisotopic (exact) mass is 213 g/mol. The maximum atomic E-state index is 11.0. The van der Waals surface area contributed by atoms with Crippen LogP contribution < -0.4 is 11.5 Å². The van der Waals surface area contributed by atoms with E-state index in [-0.39, 0.29) is 5.69 Å². The molecule has 0 spiro atoms. The van der Waals surface area contributed by atoms with Crippen molar-refractivity contribution >= 4 is 11.6 Å². The highest BCUT2D eigenvalue weighted by Gasteiger charge is 2.04. The SMILES string of the molecule is NC(=O)c1cc(-c2ccc(N)cc2)ccn1. The lowest BCUT2D eigenvalue weighted by atomic mass is 10.1. The van der Waals surface area contributed by atoms with E-state index in [0.29, 0.717) is 5.69 Å². The van der Waals surface area contributed by atoms with E-state index in [1.807, 2.05) is 18.2 Å². The standard InChI is InChI=1S/C12H11N3O/c13-10-3-1-8(2-4-10)9-5-6-15-11(7-9)12(14)16/h1-7H,13H2,(H2,14,16). The third-order valence-corrected chi connectivity index (χ3v) is 2.26. The van der Waals surface area contributed by atoms with Crippen LogP contribution in [-0.2, 0) is 0 Å². The molecule has 16 heavy (non-hydrogen) atoms. The highest BCUT2D eigenvalue weighted by atomic mass is 16.1. The van der Waals surface area contributed by atoms with Crippen LogP contribution in [0.1, 0.15) is 10.5 Å². The molecule has 1 heterocycles. The molecule has 0 saturated carbocycles. The van der Waals surface area contributed by atoms with E-state index >= 15 is 0 Å². The Kier molecular flexibility index (Phi) is 2.55. The summed E-state index contributed by atoms with van der Waals surface area (Å²) in [7, 11) is 0. The number of hydrogen-bond acceptors (Lipinski definition) is 3. The Morgan fingerprint density at radius 1 is 1.06 bits per heavy atom. The zero-order chi connectivity index (χ0) is 11.5. The van der Waals surface area contributed by atoms with Crippen LogP contribution in [0.15, 0.2) is 42.6 Å². The summed E-state index contributed by atoms with van der Waals surface area (Å²) in [6.45, 7) is 0. The molecule has 0 aliphatic heterocycles. The lowest BCUT2D eigenvalue weighted by Crippen LogP contribution is -2.12. The molecule has 4 heteroatoms. The first-order chi connectivity index (χ1) is 7.66. The van der Waals surface area contributed by atoms with Gasteiger partial charge in [-0.25, -0.2) is 0 Å². The predicted molar refractivity (Wildman–Crippen MR) is 62.6 cm³/mol. The molecule has 4 nitrogen and oxygen atoms in total. The number of pyridine rings is 1. The van der Waals surface area contributed by atoms with Gasteiger partial charge in [-0.2, -0.15) is 0 Å². The number of nitrogens with two attached hydrogens (primary N) is 2. The molecule has 1 amide bonds. The van der Waals surface area contributed by atoms with E-state index in [9.17, 15) is 4.79 Å². The van der Waals surface area contributed by atoms with E-state index in [0.717, 1.165) is 11.1 Å². The zero-order valence-electron chi connectivity index (χ0n) is 8.55. The molecular formula is C12H11N3O. The van der Waals surface area contributed by atoms with Crippen LogP contribution in [-0.4, -0.2) is 10.9 Å². The molecule has 2 aromatic rings. The largest absolute Gasteiger partial charge is 0.399 e. The van der Waals surface area contributed by atoms with Crippen LogP contribution in [0.3, 0.4) is 0 Å². The van der Waals surface area contributed by atoms with Gasteiger partial charge in [0.1, 0.15) is 5.69 Å². The minimum Gasteiger partial charge on any atom is -0.399 e. The smallest absolute Gasteiger partial charge is 0.267 e. The van der Waals surface area contributed by atoms with Gasteiger partial charge in [0.25, 0.3) is 5.91 Å². The number of carbonyl (C=O) groups excluding carboxylic acids is 1. The van der Waals surface area contributed by atoms with Crippen LogP contribution in [0.4, 0.5) is 5.69 Å². The van der Waals surface area contributed by atoms with Crippen LogP contribution >= 0.6 is 0 Å². The molecule has 0 saturated heterocycles. The molecule has 0 unspecified atom stereocenters. The molecule has 80 valence electrons. The molecule has 1 aromatic heterocycles. The minimum absolute atomic E-state index is 0.259. The van der Waals surface area contributed by atoms with Gasteiger partial charge in [-0.3, -0.25) is 9.78 Å². The Balaban J connectivity index is 2.44. The van der Waals surface area contributed by atoms with E-state index in [2.05, 4.69) is 4.98 Å². The van der Waals surface area contributed by atoms with Crippen molar-refractivity contribution in [2.45, 2.75) is 0 Å². The topological polar surface area (TPSA) is 82.0 Å². The summed E-state index contributed by atoms with van der Waals surface area (Å²) in [4.78, 5) is 14.9. The molecule has 0 fully saturated rings. The van der Waals surface area contributed by atoms with Gasteiger partial charge in [0.05, 0.1) is 0 Å². The first-order valence-electron chi connectivity index (χ1n) is 4.78. The normalized spacial score (nSPS) is 10.0. The first kappa shape index (κ1) is 10.2. The summed E-state index contributed by atoms with van der Waals surface area (Å²) < 4.78 is 0. The van der Waals surface area contributed by atoms with Crippen molar-refractivity contribution in [1.29, 1.82) is 0 Å². The van der Waals surface area contributed by atoms with Gasteiger partial charge in [-0.05, 0) is 35.4 Å². The lowest BCUT2D eigenvalue weighted by molar-refractivity contribution is 0.0995. The van der Waals surface area contributed by atoms with E-state index < -0.39 is 5.91 Å². The quantitative estimate of drug-likeness (QED) is 0.740. The van der Waals surface area contributed by atoms with Crippen LogP contribution in [0.2, 0.25) is 0 Å². The first-order valence-corrected chi connectivity index (χ1v) is 4.78. The molecule has 2 rings (SSSR count). The number of anilines is 1. The molecule has 0 bridgehead atoms. The number of nitrogen functional groups attached to an aromatic ring is 1. The van der Waals surface area contributed by atoms with Crippen molar-refractivity contribution in [3.8, 4) is 11.1 Å². The number of nitrogens with zero attached hydrogens (tertiary/aromatic N) is 1. The van der Waals surface area contributed by atoms with E-state index in [4.69, 9.17) is 11.5 Å². The Morgan fingerprint density at radius 3 is 2.38 bits per heavy atom. The maximum absolute atomic E-state index is 11.0. The summed E-state index contributed by atoms with van der Waals surface area (Å²) in [5.74, 6) is -0.530. The van der Waals surface area contributed by atoms with Crippen molar-refractivity contribution < 1.29 is 4.79 Å². The van der Waals surface area contributed by atoms with Crippen LogP contribution in [0, 0.1) is 0 Å². The average Bonchev–Trinajstić information content (AvgIpc) is 2.30. The van der Waals surface area contributed by atoms with Crippen molar-refractivity contribution in [3.05, 3.63) is 48.3 Å². The van der Waals surface area contributed by atoms with Gasteiger partial charge >= 0.3 is 0 Å². The number of rotatable bonds is 2. The van der Waals surface area contributed by atoms with E-state index in [1.165, 1.54) is 0 Å². The van der Waals surface area contributed by atoms with Gasteiger partial charge in [-0.1, -0.05) is 12.1 Å². The molecule has 0 aliphatic rings. The van der Waals surface area contributed by atoms with Crippen molar-refractivity contribution in [2.24, 2.45) is 5.73 Å². The molecular weight excluding hydrogens is 202 g/mol. The van der Waals surface area contributed by atoms with Gasteiger partial charge < -0.3 is 11.5 Å². The highest BCUT2D eigenvalue weighted by Crippen LogP contribution is 2.20. The third-order valence-electron chi connectivity index (χ3n) is 2.26. The average molecular weight is 213 g/mol. The summed E-state index contributed by atoms with van der Waals surface area (Å²) in [6.07, 6.45) is 1.56. The Morgan fingerprint density at radius 2 is 1.75 bits per heavy atom. The number of benzene rings is 1. The van der Waals surface area contributed by atoms with Gasteiger partial charge in [0.15, 0.2) is 0 Å². The Hall–Kier alpha value is -2.36. The van der Waals surface area contributed by atoms with Crippen molar-refractivity contribution in [2.75, 3.05) is 5.73 Å². The van der Waals surface area contributed by atoms with Gasteiger partial charge in [0.2, 0.25) is 0 Å². The Labute approximate surface area is 92.9 Å². The fourth-order valence-corrected chi connectivity index (χ4v) is 1.42. The summed E-state index contributed by atoms with van der Waals surface area (Å²) >= 11 is 0. The summed E-state index contributed by atoms with van der Waals surface area (Å²) in [5.41, 5.74) is 13.6. The third kappa shape index (κ3) is 2.00. The predicted octanol–water partition coefficient (Wildman–Crippen LogP) is 1.43. The fourth-order valence-electron chi connectivity index (χ4n) is 1.42. The molecule has 0 radical (unpaired) electrons. The number of aromatic nitrogens is 1. The summed E-state index contributed by atoms with van der Waals surface area (Å²) in [6, 6.07) is 10.9. The second-order valence-corrected chi connectivity index (χ2v) is 3.42. The van der Waals surface area contributed by atoms with Crippen LogP contribution in [0.25, 0.3) is 11.1 Å². The number of amides is 1. The number of primary amides is 1. The van der Waals surface area contributed by atoms with E-state index in [1.54, 1.807) is 24.4 Å². The molecule has 4 N–H and O–H groups in total. The lowest BCUT2D eigenvalue weighted by Gasteiger charge is -2.03. The van der Waals surface area contributed by atoms with Gasteiger partial charge in [-0.15, -0.1) is 0 Å². The zero-order valence-corrected chi connectivity index (χ0v) is 8.55. The van der Waals surface area contributed by atoms with Crippen LogP contribution in [0.5, 0.6) is 0 Å². The second kappa shape index (κ2) is 4.02. The molecule has 0 aliphatic carbocycles. The maximum Gasteiger partial charge on any atom is 0.267 e. The molecule has 1 aromatic carbocycles. The summed E-state index contributed by atoms with van der Waals surface area (Å²) in [5, 5.41) is 0. The fraction of sp³-hybridized carbons (Fsp3) is 0. The van der Waals surface area contributed by atoms with Crippen molar-refractivity contribution in [1.82, 2.24) is 4.98 Å². The van der Waals surface area contributed by atoms with Crippen molar-refractivity contribution in [3.63, 3.8) is 0 Å². The number of hydrogen-bond donors (Lipinski definition) is 2. The second-order valence-electron chi connectivity index (χ2n) is 3.42. The van der Waals surface area contributed by atoms with Gasteiger partial charge in [0, 0.05) is 11.9 Å².